The van der Waals surface area contributed by atoms with E-state index in [4.69, 9.17) is 4.74 Å². The Bertz CT molecular complexity index is 832. The number of carboxylic acid groups (broad SMARTS) is 1. The minimum Gasteiger partial charge on any atom is -0.550 e. The molecule has 2 aliphatic rings. The van der Waals surface area contributed by atoms with Crippen molar-refractivity contribution in [3.8, 4) is 17.0 Å². The van der Waals surface area contributed by atoms with Gasteiger partial charge in [0.25, 0.3) is 0 Å². The van der Waals surface area contributed by atoms with Crippen molar-refractivity contribution in [3.63, 3.8) is 0 Å². The van der Waals surface area contributed by atoms with Gasteiger partial charge in [0.2, 0.25) is 5.91 Å². The summed E-state index contributed by atoms with van der Waals surface area (Å²) in [6, 6.07) is 7.52. The lowest BCUT2D eigenvalue weighted by Gasteiger charge is -2.30. The molecule has 0 radical (unpaired) electrons. The molecule has 2 aromatic rings. The second-order valence-corrected chi connectivity index (χ2v) is 7.82. The fraction of sp³-hybridized carbons (Fsp3) is 0.421. The summed E-state index contributed by atoms with van der Waals surface area (Å²) in [5.41, 5.74) is 1.69. The van der Waals surface area contributed by atoms with Crippen LogP contribution in [-0.4, -0.2) is 24.0 Å². The van der Waals surface area contributed by atoms with Gasteiger partial charge in [0.15, 0.2) is 5.13 Å². The number of ether oxygens (including phenoxy) is 1. The van der Waals surface area contributed by atoms with Gasteiger partial charge in [0, 0.05) is 28.7 Å². The third-order valence-electron chi connectivity index (χ3n) is 5.61. The van der Waals surface area contributed by atoms with Gasteiger partial charge in [-0.05, 0) is 55.4 Å². The van der Waals surface area contributed by atoms with Crippen LogP contribution in [0.3, 0.4) is 0 Å². The predicted octanol–water partition coefficient (Wildman–Crippen LogP) is 2.17. The van der Waals surface area contributed by atoms with Gasteiger partial charge in [-0.3, -0.25) is 4.79 Å². The van der Waals surface area contributed by atoms with Crippen LogP contribution in [0.25, 0.3) is 11.3 Å². The summed E-state index contributed by atoms with van der Waals surface area (Å²) < 4.78 is 5.15. The van der Waals surface area contributed by atoms with E-state index in [0.29, 0.717) is 5.13 Å². The Balaban J connectivity index is 1.48. The number of thiazole rings is 1. The molecule has 2 fully saturated rings. The molecule has 0 saturated heterocycles. The van der Waals surface area contributed by atoms with Crippen LogP contribution < -0.4 is 15.2 Å². The molecule has 2 saturated carbocycles. The van der Waals surface area contributed by atoms with E-state index in [1.54, 1.807) is 7.11 Å². The standard InChI is InChI=1S/C19H20N2O4S/c1-25-13-6-4-10(5-7-13)14-9-26-19(20-14)21-17(22)15-11-2-3-12(8-11)16(15)18(23)24/h4-7,9,11-12,15-16H,2-3,8H2,1H3,(H,23,24)(H,20,21,22)/p-1/t11-,12+,15-,16-/m1/s1. The highest BCUT2D eigenvalue weighted by Crippen LogP contribution is 2.52. The SMILES string of the molecule is COc1ccc(-c2csc(NC(=O)[C@@H]3[C@@H]4CC[C@@H](C4)[C@H]3C(=O)[O-])n2)cc1. The normalized spacial score (nSPS) is 26.7. The first-order chi connectivity index (χ1) is 12.6. The number of anilines is 1. The maximum absolute atomic E-state index is 12.7. The van der Waals surface area contributed by atoms with Gasteiger partial charge < -0.3 is 20.0 Å². The summed E-state index contributed by atoms with van der Waals surface area (Å²) in [6.07, 6.45) is 2.61. The van der Waals surface area contributed by atoms with Crippen LogP contribution in [0, 0.1) is 23.7 Å². The number of aliphatic carboxylic acids is 1. The third kappa shape index (κ3) is 2.96. The molecule has 1 aromatic carbocycles. The van der Waals surface area contributed by atoms with Crippen LogP contribution >= 0.6 is 11.3 Å². The highest BCUT2D eigenvalue weighted by Gasteiger charge is 2.51. The number of carbonyl (C=O) groups excluding carboxylic acids is 2. The Morgan fingerprint density at radius 1 is 1.19 bits per heavy atom. The second kappa shape index (κ2) is 6.72. The summed E-state index contributed by atoms with van der Waals surface area (Å²) in [4.78, 5) is 28.6. The first-order valence-corrected chi connectivity index (χ1v) is 9.56. The first kappa shape index (κ1) is 17.0. The van der Waals surface area contributed by atoms with Gasteiger partial charge in [-0.25, -0.2) is 4.98 Å². The van der Waals surface area contributed by atoms with Gasteiger partial charge in [0.05, 0.1) is 12.8 Å². The zero-order valence-corrected chi connectivity index (χ0v) is 15.1. The summed E-state index contributed by atoms with van der Waals surface area (Å²) in [6.45, 7) is 0. The van der Waals surface area contributed by atoms with Crippen molar-refractivity contribution >= 4 is 28.3 Å². The summed E-state index contributed by atoms with van der Waals surface area (Å²) in [7, 11) is 1.61. The molecule has 4 atom stereocenters. The maximum atomic E-state index is 12.7. The minimum absolute atomic E-state index is 0.0758. The number of carbonyl (C=O) groups is 2. The van der Waals surface area contributed by atoms with Crippen molar-refractivity contribution in [3.05, 3.63) is 29.6 Å². The molecule has 6 nitrogen and oxygen atoms in total. The minimum atomic E-state index is -1.10. The number of aromatic nitrogens is 1. The molecule has 1 N–H and O–H groups in total. The van der Waals surface area contributed by atoms with Crippen molar-refractivity contribution in [2.45, 2.75) is 19.3 Å². The van der Waals surface area contributed by atoms with Crippen molar-refractivity contribution in [1.82, 2.24) is 4.98 Å². The van der Waals surface area contributed by atoms with Crippen molar-refractivity contribution in [1.29, 1.82) is 0 Å². The van der Waals surface area contributed by atoms with E-state index >= 15 is 0 Å². The number of nitrogens with zero attached hydrogens (tertiary/aromatic N) is 1. The maximum Gasteiger partial charge on any atom is 0.230 e. The van der Waals surface area contributed by atoms with Gasteiger partial charge in [-0.2, -0.15) is 0 Å². The number of amides is 1. The average Bonchev–Trinajstić information content (AvgIpc) is 3.37. The Kier molecular flexibility index (Phi) is 4.40. The molecule has 0 unspecified atom stereocenters. The van der Waals surface area contributed by atoms with Crippen LogP contribution in [0.1, 0.15) is 19.3 Å². The molecular formula is C19H19N2O4S-. The number of fused-ring (bicyclic) bond motifs is 2. The number of hydrogen-bond acceptors (Lipinski definition) is 6. The van der Waals surface area contributed by atoms with Crippen LogP contribution in [0.5, 0.6) is 5.75 Å². The van der Waals surface area contributed by atoms with Crippen LogP contribution in [-0.2, 0) is 9.59 Å². The number of benzene rings is 1. The quantitative estimate of drug-likeness (QED) is 0.870. The molecule has 2 bridgehead atoms. The molecule has 26 heavy (non-hydrogen) atoms. The molecule has 136 valence electrons. The molecule has 0 spiro atoms. The highest BCUT2D eigenvalue weighted by molar-refractivity contribution is 7.14. The van der Waals surface area contributed by atoms with E-state index in [-0.39, 0.29) is 17.7 Å². The van der Waals surface area contributed by atoms with E-state index in [1.807, 2.05) is 29.6 Å². The van der Waals surface area contributed by atoms with Gasteiger partial charge >= 0.3 is 0 Å². The predicted molar refractivity (Wildman–Crippen MR) is 95.5 cm³/mol. The van der Waals surface area contributed by atoms with Crippen LogP contribution in [0.4, 0.5) is 5.13 Å². The van der Waals surface area contributed by atoms with Gasteiger partial charge in [-0.15, -0.1) is 11.3 Å². The zero-order valence-electron chi connectivity index (χ0n) is 14.3. The number of hydrogen-bond donors (Lipinski definition) is 1. The smallest absolute Gasteiger partial charge is 0.230 e. The summed E-state index contributed by atoms with van der Waals surface area (Å²) >= 11 is 1.33. The Morgan fingerprint density at radius 3 is 2.54 bits per heavy atom. The monoisotopic (exact) mass is 371 g/mol. The number of methoxy groups -OCH3 is 1. The fourth-order valence-electron chi connectivity index (χ4n) is 4.42. The third-order valence-corrected chi connectivity index (χ3v) is 6.37. The molecule has 0 aliphatic heterocycles. The molecule has 1 amide bonds. The molecular weight excluding hydrogens is 352 g/mol. The van der Waals surface area contributed by atoms with E-state index < -0.39 is 17.8 Å². The van der Waals surface area contributed by atoms with Crippen molar-refractivity contribution in [2.24, 2.45) is 23.7 Å². The lowest BCUT2D eigenvalue weighted by atomic mass is 9.79. The number of rotatable bonds is 5. The molecule has 2 aliphatic carbocycles. The van der Waals surface area contributed by atoms with Crippen molar-refractivity contribution in [2.75, 3.05) is 12.4 Å². The van der Waals surface area contributed by atoms with E-state index in [9.17, 15) is 14.7 Å². The first-order valence-electron chi connectivity index (χ1n) is 8.68. The van der Waals surface area contributed by atoms with E-state index in [1.165, 1.54) is 11.3 Å². The van der Waals surface area contributed by atoms with Crippen LogP contribution in [0.2, 0.25) is 0 Å². The molecule has 7 heteroatoms. The largest absolute Gasteiger partial charge is 0.550 e. The zero-order chi connectivity index (χ0) is 18.3. The Morgan fingerprint density at radius 2 is 1.88 bits per heavy atom. The highest BCUT2D eigenvalue weighted by atomic mass is 32.1. The van der Waals surface area contributed by atoms with Gasteiger partial charge in [-0.1, -0.05) is 0 Å². The number of nitrogens with one attached hydrogen (secondary N) is 1. The van der Waals surface area contributed by atoms with Crippen molar-refractivity contribution < 1.29 is 19.4 Å². The Labute approximate surface area is 155 Å². The molecule has 1 aromatic heterocycles. The average molecular weight is 371 g/mol. The molecule has 4 rings (SSSR count). The van der Waals surface area contributed by atoms with Gasteiger partial charge in [0.1, 0.15) is 5.75 Å². The Hall–Kier alpha value is -2.41. The fourth-order valence-corrected chi connectivity index (χ4v) is 5.14. The lowest BCUT2D eigenvalue weighted by Crippen LogP contribution is -2.43. The molecule has 1 heterocycles. The summed E-state index contributed by atoms with van der Waals surface area (Å²) in [5, 5.41) is 16.7. The topological polar surface area (TPSA) is 91.3 Å². The second-order valence-electron chi connectivity index (χ2n) is 6.96. The summed E-state index contributed by atoms with van der Waals surface area (Å²) in [5.74, 6) is -1.54. The number of carboxylic acids is 1. The van der Waals surface area contributed by atoms with Crippen LogP contribution in [0.15, 0.2) is 29.6 Å². The lowest BCUT2D eigenvalue weighted by molar-refractivity contribution is -0.314. The van der Waals surface area contributed by atoms with E-state index in [0.717, 1.165) is 36.3 Å². The van der Waals surface area contributed by atoms with E-state index in [2.05, 4.69) is 10.3 Å².